The molecule has 0 aliphatic heterocycles. The number of imidazole rings is 1. The molecule has 0 radical (unpaired) electrons. The first-order chi connectivity index (χ1) is 26.8. The number of rotatable bonds is 7. The first kappa shape index (κ1) is 31.3. The molecule has 0 atom stereocenters. The van der Waals surface area contributed by atoms with Crippen molar-refractivity contribution in [3.05, 3.63) is 194 Å². The van der Waals surface area contributed by atoms with Crippen LogP contribution in [0.25, 0.3) is 90.1 Å². The van der Waals surface area contributed by atoms with Gasteiger partial charge >= 0.3 is 0 Å². The Labute approximate surface area is 312 Å². The van der Waals surface area contributed by atoms with E-state index in [1.807, 2.05) is 54.6 Å². The molecule has 6 heteroatoms. The van der Waals surface area contributed by atoms with Gasteiger partial charge in [-0.15, -0.1) is 0 Å². The number of nitrogens with zero attached hydrogens (tertiary/aromatic N) is 6. The van der Waals surface area contributed by atoms with Gasteiger partial charge in [-0.3, -0.25) is 9.13 Å². The third kappa shape index (κ3) is 5.36. The Hall–Kier alpha value is -7.44. The molecule has 10 aromatic rings. The average molecular weight is 693 g/mol. The minimum Gasteiger partial charge on any atom is -0.291 e. The van der Waals surface area contributed by atoms with Crippen LogP contribution in [0.3, 0.4) is 0 Å². The Balaban J connectivity index is 1.29. The highest BCUT2D eigenvalue weighted by molar-refractivity contribution is 6.09. The largest absolute Gasteiger partial charge is 0.291 e. The minimum atomic E-state index is 0.549. The standard InChI is InChI=1S/C48H32N6/c1-5-19-33(20-6-1)43-44(34-21-7-2-8-22-34)54(47(49-43)36-25-11-4-12-26-36)42-32-18-15-29-39(42)46-50-45(35-23-9-3-10-24-35)51-48(52-46)53-40-30-16-13-27-37(40)38-28-14-17-31-41(38)53/h1-32H. The highest BCUT2D eigenvalue weighted by Crippen LogP contribution is 2.41. The molecule has 0 unspecified atom stereocenters. The maximum Gasteiger partial charge on any atom is 0.238 e. The molecule has 0 aliphatic rings. The van der Waals surface area contributed by atoms with E-state index < -0.39 is 0 Å². The summed E-state index contributed by atoms with van der Waals surface area (Å²) in [6, 6.07) is 66.6. The van der Waals surface area contributed by atoms with Crippen LogP contribution in [-0.2, 0) is 0 Å². The predicted molar refractivity (Wildman–Crippen MR) is 218 cm³/mol. The molecule has 0 saturated carbocycles. The van der Waals surface area contributed by atoms with Crippen LogP contribution in [0.15, 0.2) is 194 Å². The quantitative estimate of drug-likeness (QED) is 0.167. The van der Waals surface area contributed by atoms with Crippen molar-refractivity contribution < 1.29 is 0 Å². The van der Waals surface area contributed by atoms with Gasteiger partial charge in [-0.05, 0) is 24.3 Å². The Bertz CT molecular complexity index is 2860. The first-order valence-corrected chi connectivity index (χ1v) is 18.0. The van der Waals surface area contributed by atoms with E-state index in [1.165, 1.54) is 0 Å². The van der Waals surface area contributed by atoms with Gasteiger partial charge < -0.3 is 0 Å². The van der Waals surface area contributed by atoms with Gasteiger partial charge in [-0.2, -0.15) is 9.97 Å². The summed E-state index contributed by atoms with van der Waals surface area (Å²) in [5, 5.41) is 2.28. The normalized spacial score (nSPS) is 11.3. The molecule has 254 valence electrons. The zero-order valence-corrected chi connectivity index (χ0v) is 29.2. The summed E-state index contributed by atoms with van der Waals surface area (Å²) >= 11 is 0. The summed E-state index contributed by atoms with van der Waals surface area (Å²) in [6.45, 7) is 0. The lowest BCUT2D eigenvalue weighted by Crippen LogP contribution is -2.08. The SMILES string of the molecule is c1ccc(-c2nc(-c3ccccc3-n3c(-c4ccccc4)nc(-c4ccccc4)c3-c3ccccc3)nc(-n3c4ccccc4c4ccccc43)n2)cc1. The van der Waals surface area contributed by atoms with Crippen molar-refractivity contribution in [2.24, 2.45) is 0 Å². The monoisotopic (exact) mass is 692 g/mol. The first-order valence-electron chi connectivity index (χ1n) is 18.0. The lowest BCUT2D eigenvalue weighted by atomic mass is 10.0. The summed E-state index contributed by atoms with van der Waals surface area (Å²) in [5.74, 6) is 2.52. The van der Waals surface area contributed by atoms with E-state index in [2.05, 4.69) is 149 Å². The van der Waals surface area contributed by atoms with Crippen LogP contribution in [-0.4, -0.2) is 29.1 Å². The molecule has 0 saturated heterocycles. The van der Waals surface area contributed by atoms with Gasteiger partial charge in [0.15, 0.2) is 11.6 Å². The average Bonchev–Trinajstić information content (AvgIpc) is 3.82. The second kappa shape index (κ2) is 13.3. The molecule has 10 rings (SSSR count). The van der Waals surface area contributed by atoms with Gasteiger partial charge in [0.05, 0.1) is 28.1 Å². The van der Waals surface area contributed by atoms with Crippen LogP contribution in [0.2, 0.25) is 0 Å². The summed E-state index contributed by atoms with van der Waals surface area (Å²) in [4.78, 5) is 21.2. The third-order valence-corrected chi connectivity index (χ3v) is 9.83. The van der Waals surface area contributed by atoms with Crippen molar-refractivity contribution in [1.82, 2.24) is 29.1 Å². The molecule has 0 spiro atoms. The van der Waals surface area contributed by atoms with Gasteiger partial charge in [0.1, 0.15) is 5.82 Å². The zero-order chi connectivity index (χ0) is 35.8. The molecule has 0 N–H and O–H groups in total. The Morgan fingerprint density at radius 1 is 0.333 bits per heavy atom. The van der Waals surface area contributed by atoms with Gasteiger partial charge in [0, 0.05) is 38.6 Å². The Morgan fingerprint density at radius 3 is 1.44 bits per heavy atom. The van der Waals surface area contributed by atoms with Crippen molar-refractivity contribution in [1.29, 1.82) is 0 Å². The summed E-state index contributed by atoms with van der Waals surface area (Å²) in [5.41, 5.74) is 9.68. The third-order valence-electron chi connectivity index (χ3n) is 9.83. The topological polar surface area (TPSA) is 61.4 Å². The van der Waals surface area contributed by atoms with Gasteiger partial charge in [-0.1, -0.05) is 170 Å². The number of aromatic nitrogens is 6. The number of para-hydroxylation sites is 3. The highest BCUT2D eigenvalue weighted by Gasteiger charge is 2.26. The van der Waals surface area contributed by atoms with Crippen molar-refractivity contribution in [2.75, 3.05) is 0 Å². The highest BCUT2D eigenvalue weighted by atomic mass is 15.2. The van der Waals surface area contributed by atoms with Crippen molar-refractivity contribution in [2.45, 2.75) is 0 Å². The number of fused-ring (bicyclic) bond motifs is 3. The van der Waals surface area contributed by atoms with E-state index in [0.29, 0.717) is 17.6 Å². The fourth-order valence-electron chi connectivity index (χ4n) is 7.39. The molecule has 0 fully saturated rings. The maximum absolute atomic E-state index is 5.44. The van der Waals surface area contributed by atoms with Crippen LogP contribution in [0.4, 0.5) is 0 Å². The molecule has 3 aromatic heterocycles. The molecular weight excluding hydrogens is 661 g/mol. The van der Waals surface area contributed by atoms with Crippen LogP contribution in [0.5, 0.6) is 0 Å². The fourth-order valence-corrected chi connectivity index (χ4v) is 7.39. The summed E-state index contributed by atoms with van der Waals surface area (Å²) < 4.78 is 4.43. The van der Waals surface area contributed by atoms with E-state index in [0.717, 1.165) is 72.5 Å². The van der Waals surface area contributed by atoms with Crippen molar-refractivity contribution >= 4 is 21.8 Å². The molecule has 7 aromatic carbocycles. The number of hydrogen-bond donors (Lipinski definition) is 0. The minimum absolute atomic E-state index is 0.549. The molecule has 0 aliphatic carbocycles. The van der Waals surface area contributed by atoms with Crippen LogP contribution in [0, 0.1) is 0 Å². The Morgan fingerprint density at radius 2 is 0.815 bits per heavy atom. The van der Waals surface area contributed by atoms with Crippen molar-refractivity contribution in [3.63, 3.8) is 0 Å². The van der Waals surface area contributed by atoms with Crippen LogP contribution in [0.1, 0.15) is 0 Å². The molecule has 0 bridgehead atoms. The Kier molecular flexibility index (Phi) is 7.69. The van der Waals surface area contributed by atoms with E-state index in [1.54, 1.807) is 0 Å². The van der Waals surface area contributed by atoms with Gasteiger partial charge in [0.2, 0.25) is 5.95 Å². The lowest BCUT2D eigenvalue weighted by molar-refractivity contribution is 0.950. The van der Waals surface area contributed by atoms with Gasteiger partial charge in [0.25, 0.3) is 0 Å². The maximum atomic E-state index is 5.44. The number of benzene rings is 7. The summed E-state index contributed by atoms with van der Waals surface area (Å²) in [7, 11) is 0. The number of hydrogen-bond acceptors (Lipinski definition) is 4. The molecular formula is C48H32N6. The van der Waals surface area contributed by atoms with E-state index in [-0.39, 0.29) is 0 Å². The second-order valence-corrected chi connectivity index (χ2v) is 13.1. The fraction of sp³-hybridized carbons (Fsp3) is 0. The van der Waals surface area contributed by atoms with E-state index >= 15 is 0 Å². The molecule has 3 heterocycles. The molecule has 0 amide bonds. The molecule has 54 heavy (non-hydrogen) atoms. The van der Waals surface area contributed by atoms with Gasteiger partial charge in [-0.25, -0.2) is 9.97 Å². The smallest absolute Gasteiger partial charge is 0.238 e. The molecule has 6 nitrogen and oxygen atoms in total. The summed E-state index contributed by atoms with van der Waals surface area (Å²) in [6.07, 6.45) is 0. The van der Waals surface area contributed by atoms with E-state index in [4.69, 9.17) is 19.9 Å². The van der Waals surface area contributed by atoms with Crippen molar-refractivity contribution in [3.8, 4) is 68.3 Å². The second-order valence-electron chi connectivity index (χ2n) is 13.1. The zero-order valence-electron chi connectivity index (χ0n) is 29.2. The van der Waals surface area contributed by atoms with Crippen LogP contribution >= 0.6 is 0 Å². The lowest BCUT2D eigenvalue weighted by Gasteiger charge is -2.18. The predicted octanol–water partition coefficient (Wildman–Crippen LogP) is 11.5. The van der Waals surface area contributed by atoms with Crippen LogP contribution < -0.4 is 0 Å². The van der Waals surface area contributed by atoms with E-state index in [9.17, 15) is 0 Å².